The first-order valence-electron chi connectivity index (χ1n) is 5.94. The van der Waals surface area contributed by atoms with Gasteiger partial charge in [-0.15, -0.1) is 0 Å². The van der Waals surface area contributed by atoms with Gasteiger partial charge in [-0.2, -0.15) is 0 Å². The Kier molecular flexibility index (Phi) is 4.03. The van der Waals surface area contributed by atoms with Crippen molar-refractivity contribution in [1.82, 2.24) is 4.72 Å². The van der Waals surface area contributed by atoms with Crippen molar-refractivity contribution in [1.29, 1.82) is 0 Å². The third-order valence-corrected chi connectivity index (χ3v) is 6.33. The maximum Gasteiger partial charge on any atom is 0.240 e. The van der Waals surface area contributed by atoms with Crippen LogP contribution < -0.4 is 10.5 Å². The van der Waals surface area contributed by atoms with Crippen LogP contribution in [0.2, 0.25) is 0 Å². The van der Waals surface area contributed by atoms with E-state index >= 15 is 0 Å². The van der Waals surface area contributed by atoms with E-state index in [9.17, 15) is 21.2 Å². The highest BCUT2D eigenvalue weighted by Crippen LogP contribution is 2.19. The van der Waals surface area contributed by atoms with Crippen LogP contribution in [0.3, 0.4) is 0 Å². The fraction of sp³-hybridized carbons (Fsp3) is 0.455. The molecule has 1 aromatic carbocycles. The number of rotatable bonds is 4. The van der Waals surface area contributed by atoms with Gasteiger partial charge in [0.25, 0.3) is 0 Å². The van der Waals surface area contributed by atoms with Crippen LogP contribution in [0.4, 0.5) is 10.1 Å². The molecule has 2 rings (SSSR count). The van der Waals surface area contributed by atoms with E-state index < -0.39 is 25.7 Å². The molecule has 1 aliphatic rings. The summed E-state index contributed by atoms with van der Waals surface area (Å²) in [6.07, 6.45) is 0.427. The van der Waals surface area contributed by atoms with Crippen molar-refractivity contribution in [3.8, 4) is 0 Å². The van der Waals surface area contributed by atoms with Gasteiger partial charge in [0.1, 0.15) is 5.82 Å². The summed E-state index contributed by atoms with van der Waals surface area (Å²) in [6.45, 7) is 0.0119. The van der Waals surface area contributed by atoms with Gasteiger partial charge in [0.2, 0.25) is 10.0 Å². The van der Waals surface area contributed by atoms with Crippen LogP contribution in [0.15, 0.2) is 23.1 Å². The lowest BCUT2D eigenvalue weighted by molar-refractivity contribution is 0.542. The first-order valence-corrected chi connectivity index (χ1v) is 9.24. The molecule has 1 aliphatic heterocycles. The molecular weight excluding hydrogens is 307 g/mol. The van der Waals surface area contributed by atoms with Gasteiger partial charge >= 0.3 is 0 Å². The second kappa shape index (κ2) is 5.30. The molecule has 1 saturated heterocycles. The average Bonchev–Trinajstić information content (AvgIpc) is 2.65. The second-order valence-electron chi connectivity index (χ2n) is 4.84. The Morgan fingerprint density at radius 1 is 1.35 bits per heavy atom. The zero-order valence-corrected chi connectivity index (χ0v) is 12.2. The molecule has 1 aromatic rings. The summed E-state index contributed by atoms with van der Waals surface area (Å²) in [5.41, 5.74) is 5.41. The molecule has 0 amide bonds. The Bertz CT molecular complexity index is 696. The zero-order valence-electron chi connectivity index (χ0n) is 10.5. The van der Waals surface area contributed by atoms with Crippen molar-refractivity contribution >= 4 is 25.5 Å². The quantitative estimate of drug-likeness (QED) is 0.766. The predicted molar refractivity (Wildman–Crippen MR) is 72.8 cm³/mol. The highest BCUT2D eigenvalue weighted by Gasteiger charge is 2.29. The Morgan fingerprint density at radius 3 is 2.60 bits per heavy atom. The summed E-state index contributed by atoms with van der Waals surface area (Å²) >= 11 is 0. The molecule has 6 nitrogen and oxygen atoms in total. The van der Waals surface area contributed by atoms with Crippen molar-refractivity contribution in [2.24, 2.45) is 5.92 Å². The smallest absolute Gasteiger partial charge is 0.240 e. The van der Waals surface area contributed by atoms with Gasteiger partial charge in [-0.1, -0.05) is 0 Å². The number of nitrogens with two attached hydrogens (primary N) is 1. The number of hydrogen-bond acceptors (Lipinski definition) is 5. The number of benzene rings is 1. The fourth-order valence-corrected chi connectivity index (χ4v) is 5.13. The Morgan fingerprint density at radius 2 is 2.05 bits per heavy atom. The van der Waals surface area contributed by atoms with E-state index in [-0.39, 0.29) is 34.6 Å². The molecule has 3 N–H and O–H groups in total. The molecule has 112 valence electrons. The maximum absolute atomic E-state index is 13.1. The summed E-state index contributed by atoms with van der Waals surface area (Å²) in [5.74, 6) is -0.942. The number of halogens is 1. The number of nitrogen functional groups attached to an aromatic ring is 1. The lowest BCUT2D eigenvalue weighted by Crippen LogP contribution is -2.30. The summed E-state index contributed by atoms with van der Waals surface area (Å²) in [6, 6.07) is 3.03. The molecule has 0 bridgehead atoms. The van der Waals surface area contributed by atoms with Crippen molar-refractivity contribution in [2.75, 3.05) is 23.8 Å². The minimum atomic E-state index is -3.89. The topological polar surface area (TPSA) is 106 Å². The Hall–Kier alpha value is -1.19. The van der Waals surface area contributed by atoms with Gasteiger partial charge in [0, 0.05) is 12.2 Å². The van der Waals surface area contributed by atoms with Crippen molar-refractivity contribution in [2.45, 2.75) is 11.3 Å². The first-order chi connectivity index (χ1) is 9.18. The average molecular weight is 322 g/mol. The van der Waals surface area contributed by atoms with Crippen LogP contribution >= 0.6 is 0 Å². The lowest BCUT2D eigenvalue weighted by atomic mass is 10.1. The van der Waals surface area contributed by atoms with Gasteiger partial charge in [-0.05, 0) is 30.5 Å². The summed E-state index contributed by atoms with van der Waals surface area (Å²) < 4.78 is 62.0. The number of sulfonamides is 1. The van der Waals surface area contributed by atoms with E-state index in [1.165, 1.54) is 0 Å². The van der Waals surface area contributed by atoms with Gasteiger partial charge in [0.05, 0.1) is 16.4 Å². The zero-order chi connectivity index (χ0) is 15.0. The van der Waals surface area contributed by atoms with E-state index in [2.05, 4.69) is 4.72 Å². The molecule has 20 heavy (non-hydrogen) atoms. The third-order valence-electron chi connectivity index (χ3n) is 3.09. The fourth-order valence-electron chi connectivity index (χ4n) is 2.08. The van der Waals surface area contributed by atoms with Crippen LogP contribution in [0.5, 0.6) is 0 Å². The SMILES string of the molecule is Nc1cc(F)cc(S(=O)(=O)NCC2CCS(=O)(=O)C2)c1. The first kappa shape index (κ1) is 15.2. The molecule has 0 spiro atoms. The number of sulfone groups is 1. The summed E-state index contributed by atoms with van der Waals surface area (Å²) in [4.78, 5) is -0.268. The van der Waals surface area contributed by atoms with Crippen molar-refractivity contribution in [3.05, 3.63) is 24.0 Å². The monoisotopic (exact) mass is 322 g/mol. The van der Waals surface area contributed by atoms with Gasteiger partial charge in [0.15, 0.2) is 9.84 Å². The number of anilines is 1. The standard InChI is InChI=1S/C11H15FN2O4S2/c12-9-3-10(13)5-11(4-9)20(17,18)14-6-8-1-2-19(15,16)7-8/h3-5,8,14H,1-2,6-7,13H2. The molecule has 0 aliphatic carbocycles. The van der Waals surface area contributed by atoms with Crippen LogP contribution in [-0.4, -0.2) is 34.9 Å². The highest BCUT2D eigenvalue weighted by atomic mass is 32.2. The van der Waals surface area contributed by atoms with E-state index in [1.807, 2.05) is 0 Å². The molecule has 1 heterocycles. The van der Waals surface area contributed by atoms with Crippen LogP contribution in [0, 0.1) is 11.7 Å². The predicted octanol–water partition coefficient (Wildman–Crippen LogP) is 0.121. The van der Waals surface area contributed by atoms with E-state index in [4.69, 9.17) is 5.73 Å². The molecule has 9 heteroatoms. The number of nitrogens with one attached hydrogen (secondary N) is 1. The number of hydrogen-bond donors (Lipinski definition) is 2. The molecule has 1 atom stereocenters. The van der Waals surface area contributed by atoms with Crippen molar-refractivity contribution in [3.63, 3.8) is 0 Å². The van der Waals surface area contributed by atoms with Crippen LogP contribution in [0.25, 0.3) is 0 Å². The maximum atomic E-state index is 13.1. The molecular formula is C11H15FN2O4S2. The van der Waals surface area contributed by atoms with Crippen molar-refractivity contribution < 1.29 is 21.2 Å². The van der Waals surface area contributed by atoms with E-state index in [0.717, 1.165) is 18.2 Å². The largest absolute Gasteiger partial charge is 0.399 e. The van der Waals surface area contributed by atoms with Gasteiger partial charge in [-0.3, -0.25) is 0 Å². The Labute approximate surface area is 117 Å². The normalized spacial score (nSPS) is 21.9. The minimum Gasteiger partial charge on any atom is -0.399 e. The molecule has 0 radical (unpaired) electrons. The minimum absolute atomic E-state index is 0.00817. The molecule has 1 unspecified atom stereocenters. The molecule has 0 saturated carbocycles. The highest BCUT2D eigenvalue weighted by molar-refractivity contribution is 7.91. The Balaban J connectivity index is 2.08. The lowest BCUT2D eigenvalue weighted by Gasteiger charge is -2.11. The second-order valence-corrected chi connectivity index (χ2v) is 8.84. The van der Waals surface area contributed by atoms with Crippen LogP contribution in [0.1, 0.15) is 6.42 Å². The van der Waals surface area contributed by atoms with Gasteiger partial charge in [-0.25, -0.2) is 25.9 Å². The van der Waals surface area contributed by atoms with E-state index in [0.29, 0.717) is 6.42 Å². The summed E-state index contributed by atoms with van der Waals surface area (Å²) in [5, 5.41) is 0. The van der Waals surface area contributed by atoms with Gasteiger partial charge < -0.3 is 5.73 Å². The molecule has 0 aromatic heterocycles. The van der Waals surface area contributed by atoms with Crippen LogP contribution in [-0.2, 0) is 19.9 Å². The summed E-state index contributed by atoms with van der Waals surface area (Å²) in [7, 11) is -6.95. The molecule has 1 fully saturated rings. The third kappa shape index (κ3) is 3.68. The van der Waals surface area contributed by atoms with E-state index in [1.54, 1.807) is 0 Å².